The molecular weight excluding hydrogens is 284 g/mol. The first-order valence-corrected chi connectivity index (χ1v) is 7.19. The molecule has 1 N–H and O–H groups in total. The third-order valence-corrected chi connectivity index (χ3v) is 5.45. The largest absolute Gasteiger partial charge is 0.388 e. The number of hydrogen-bond donors (Lipinski definition) is 1. The second-order valence-corrected chi connectivity index (χ2v) is 6.36. The molecule has 1 nitrogen and oxygen atoms in total. The third kappa shape index (κ3) is 1.62. The lowest BCUT2D eigenvalue weighted by Gasteiger charge is -2.08. The lowest BCUT2D eigenvalue weighted by atomic mass is 10.0. The Morgan fingerprint density at radius 2 is 2.25 bits per heavy atom. The van der Waals surface area contributed by atoms with Gasteiger partial charge in [0.1, 0.15) is 0 Å². The Kier molecular flexibility index (Phi) is 2.57. The zero-order valence-corrected chi connectivity index (χ0v) is 11.4. The molecule has 0 bridgehead atoms. The molecule has 1 aliphatic rings. The Hall–Kier alpha value is -0.380. The molecule has 3 atom stereocenters. The van der Waals surface area contributed by atoms with Crippen LogP contribution in [-0.2, 0) is 0 Å². The summed E-state index contributed by atoms with van der Waals surface area (Å²) in [6.07, 6.45) is 0.880. The second-order valence-electron chi connectivity index (χ2n) is 4.63. The summed E-state index contributed by atoms with van der Waals surface area (Å²) in [5, 5.41) is 13.6. The number of fused-ring (bicyclic) bond motifs is 1. The van der Waals surface area contributed by atoms with Crippen LogP contribution in [0.25, 0.3) is 10.1 Å². The first-order chi connectivity index (χ1) is 7.68. The molecule has 3 rings (SSSR count). The summed E-state index contributed by atoms with van der Waals surface area (Å²) in [7, 11) is 0. The van der Waals surface area contributed by atoms with Gasteiger partial charge in [0.25, 0.3) is 0 Å². The number of aliphatic hydroxyl groups excluding tert-OH is 1. The standard InChI is InChI=1S/C13H13BrOS/c1-7-5-9(7)12(15)10-6-16-13-8(10)3-2-4-11(13)14/h2-4,6-7,9,12,15H,5H2,1H3. The molecule has 0 saturated heterocycles. The Morgan fingerprint density at radius 3 is 2.94 bits per heavy atom. The number of rotatable bonds is 2. The van der Waals surface area contributed by atoms with Gasteiger partial charge in [-0.25, -0.2) is 0 Å². The van der Waals surface area contributed by atoms with Gasteiger partial charge in [0.15, 0.2) is 0 Å². The van der Waals surface area contributed by atoms with Crippen molar-refractivity contribution in [3.8, 4) is 0 Å². The highest BCUT2D eigenvalue weighted by Crippen LogP contribution is 2.49. The first-order valence-electron chi connectivity index (χ1n) is 5.52. The molecule has 0 amide bonds. The van der Waals surface area contributed by atoms with E-state index in [2.05, 4.69) is 40.4 Å². The molecule has 3 unspecified atom stereocenters. The maximum Gasteiger partial charge on any atom is 0.0834 e. The molecule has 1 heterocycles. The van der Waals surface area contributed by atoms with Crippen LogP contribution < -0.4 is 0 Å². The van der Waals surface area contributed by atoms with Crippen LogP contribution in [0.15, 0.2) is 28.1 Å². The van der Waals surface area contributed by atoms with Gasteiger partial charge in [-0.15, -0.1) is 11.3 Å². The fraction of sp³-hybridized carbons (Fsp3) is 0.385. The van der Waals surface area contributed by atoms with Crippen molar-refractivity contribution in [2.24, 2.45) is 11.8 Å². The quantitative estimate of drug-likeness (QED) is 0.873. The van der Waals surface area contributed by atoms with Crippen LogP contribution in [0.4, 0.5) is 0 Å². The van der Waals surface area contributed by atoms with Crippen LogP contribution in [0.2, 0.25) is 0 Å². The predicted molar refractivity (Wildman–Crippen MR) is 71.8 cm³/mol. The van der Waals surface area contributed by atoms with Crippen molar-refractivity contribution in [2.45, 2.75) is 19.4 Å². The van der Waals surface area contributed by atoms with Crippen molar-refractivity contribution in [2.75, 3.05) is 0 Å². The summed E-state index contributed by atoms with van der Waals surface area (Å²) in [6.45, 7) is 2.21. The first kappa shape index (κ1) is 10.8. The Balaban J connectivity index is 2.07. The highest BCUT2D eigenvalue weighted by atomic mass is 79.9. The minimum Gasteiger partial charge on any atom is -0.388 e. The van der Waals surface area contributed by atoms with E-state index in [1.165, 1.54) is 10.1 Å². The van der Waals surface area contributed by atoms with Crippen molar-refractivity contribution >= 4 is 37.4 Å². The SMILES string of the molecule is CC1CC1C(O)c1csc2c(Br)cccc12. The normalized spacial score (nSPS) is 25.9. The topological polar surface area (TPSA) is 20.2 Å². The summed E-state index contributed by atoms with van der Waals surface area (Å²) in [5.74, 6) is 1.15. The van der Waals surface area contributed by atoms with Gasteiger partial charge < -0.3 is 5.11 Å². The van der Waals surface area contributed by atoms with Crippen molar-refractivity contribution in [3.63, 3.8) is 0 Å². The molecule has 0 aliphatic heterocycles. The van der Waals surface area contributed by atoms with Gasteiger partial charge >= 0.3 is 0 Å². The van der Waals surface area contributed by atoms with E-state index in [4.69, 9.17) is 0 Å². The van der Waals surface area contributed by atoms with E-state index in [1.54, 1.807) is 11.3 Å². The molecule has 1 fully saturated rings. The lowest BCUT2D eigenvalue weighted by molar-refractivity contribution is 0.150. The maximum atomic E-state index is 10.3. The van der Waals surface area contributed by atoms with E-state index in [9.17, 15) is 5.11 Å². The highest BCUT2D eigenvalue weighted by molar-refractivity contribution is 9.10. The summed E-state index contributed by atoms with van der Waals surface area (Å²) in [6, 6.07) is 6.18. The number of halogens is 1. The third-order valence-electron chi connectivity index (χ3n) is 3.48. The van der Waals surface area contributed by atoms with Gasteiger partial charge in [-0.1, -0.05) is 19.1 Å². The Labute approximate surface area is 107 Å². The van der Waals surface area contributed by atoms with E-state index in [0.717, 1.165) is 16.5 Å². The van der Waals surface area contributed by atoms with Crippen molar-refractivity contribution in [3.05, 3.63) is 33.6 Å². The van der Waals surface area contributed by atoms with Crippen LogP contribution in [0.5, 0.6) is 0 Å². The molecule has 1 aromatic carbocycles. The Morgan fingerprint density at radius 1 is 1.50 bits per heavy atom. The molecule has 0 spiro atoms. The van der Waals surface area contributed by atoms with Crippen LogP contribution in [0.1, 0.15) is 25.0 Å². The van der Waals surface area contributed by atoms with Crippen LogP contribution >= 0.6 is 27.3 Å². The highest BCUT2D eigenvalue weighted by Gasteiger charge is 2.40. The summed E-state index contributed by atoms with van der Waals surface area (Å²) in [4.78, 5) is 0. The monoisotopic (exact) mass is 296 g/mol. The molecule has 16 heavy (non-hydrogen) atoms. The van der Waals surface area contributed by atoms with E-state index in [0.29, 0.717) is 11.8 Å². The van der Waals surface area contributed by atoms with E-state index in [1.807, 2.05) is 6.07 Å². The predicted octanol–water partition coefficient (Wildman–Crippen LogP) is 4.35. The maximum absolute atomic E-state index is 10.3. The number of benzene rings is 1. The van der Waals surface area contributed by atoms with Gasteiger partial charge in [-0.2, -0.15) is 0 Å². The van der Waals surface area contributed by atoms with Gasteiger partial charge in [0.2, 0.25) is 0 Å². The van der Waals surface area contributed by atoms with E-state index < -0.39 is 0 Å². The van der Waals surface area contributed by atoms with Gasteiger partial charge in [-0.05, 0) is 56.6 Å². The van der Waals surface area contributed by atoms with E-state index in [-0.39, 0.29) is 6.10 Å². The molecular formula is C13H13BrOS. The zero-order valence-electron chi connectivity index (χ0n) is 8.98. The van der Waals surface area contributed by atoms with Crippen molar-refractivity contribution < 1.29 is 5.11 Å². The molecule has 1 aromatic heterocycles. The summed E-state index contributed by atoms with van der Waals surface area (Å²) >= 11 is 5.26. The lowest BCUT2D eigenvalue weighted by Crippen LogP contribution is -1.99. The average molecular weight is 297 g/mol. The number of aliphatic hydroxyl groups is 1. The Bertz CT molecular complexity index is 534. The molecule has 1 aliphatic carbocycles. The van der Waals surface area contributed by atoms with Crippen molar-refractivity contribution in [1.29, 1.82) is 0 Å². The fourth-order valence-corrected chi connectivity index (χ4v) is 3.94. The smallest absolute Gasteiger partial charge is 0.0834 e. The van der Waals surface area contributed by atoms with Gasteiger partial charge in [0.05, 0.1) is 6.10 Å². The van der Waals surface area contributed by atoms with Gasteiger partial charge in [-0.3, -0.25) is 0 Å². The van der Waals surface area contributed by atoms with Crippen molar-refractivity contribution in [1.82, 2.24) is 0 Å². The van der Waals surface area contributed by atoms with E-state index >= 15 is 0 Å². The van der Waals surface area contributed by atoms with Crippen LogP contribution in [0.3, 0.4) is 0 Å². The summed E-state index contributed by atoms with van der Waals surface area (Å²) in [5.41, 5.74) is 1.11. The summed E-state index contributed by atoms with van der Waals surface area (Å²) < 4.78 is 2.36. The molecule has 3 heteroatoms. The number of thiophene rings is 1. The average Bonchev–Trinajstić information content (AvgIpc) is 2.83. The van der Waals surface area contributed by atoms with Gasteiger partial charge in [0, 0.05) is 9.17 Å². The zero-order chi connectivity index (χ0) is 11.3. The fourth-order valence-electron chi connectivity index (χ4n) is 2.29. The number of hydrogen-bond acceptors (Lipinski definition) is 2. The second kappa shape index (κ2) is 3.83. The molecule has 84 valence electrons. The molecule has 1 saturated carbocycles. The molecule has 0 radical (unpaired) electrons. The minimum absolute atomic E-state index is 0.280. The minimum atomic E-state index is -0.280. The van der Waals surface area contributed by atoms with Crippen LogP contribution in [-0.4, -0.2) is 5.11 Å². The molecule has 2 aromatic rings. The van der Waals surface area contributed by atoms with Crippen LogP contribution in [0, 0.1) is 11.8 Å².